The molecule has 2 fully saturated rings. The van der Waals surface area contributed by atoms with Crippen LogP contribution in [0.3, 0.4) is 0 Å². The first kappa shape index (κ1) is 11.1. The molecule has 88 valence electrons. The lowest BCUT2D eigenvalue weighted by molar-refractivity contribution is 0.624. The standard InChI is InChI=1S/C12H18N2S2/c1-2-7-15-11(5-1)12-14-10(8-16-12)9-4-3-6-13-9/h8-9,11,13H,1-7H2/t9-,11?/m0/s1. The Hall–Kier alpha value is -0.0600. The second-order valence-electron chi connectivity index (χ2n) is 4.61. The van der Waals surface area contributed by atoms with E-state index in [0.717, 1.165) is 6.54 Å². The Balaban J connectivity index is 1.71. The maximum absolute atomic E-state index is 4.85. The van der Waals surface area contributed by atoms with Crippen LogP contribution in [0.25, 0.3) is 0 Å². The van der Waals surface area contributed by atoms with Gasteiger partial charge in [0, 0.05) is 5.38 Å². The van der Waals surface area contributed by atoms with Gasteiger partial charge in [0.15, 0.2) is 0 Å². The third kappa shape index (κ3) is 2.29. The average Bonchev–Trinajstić information content (AvgIpc) is 3.01. The number of hydrogen-bond acceptors (Lipinski definition) is 4. The van der Waals surface area contributed by atoms with Gasteiger partial charge in [-0.3, -0.25) is 0 Å². The second kappa shape index (κ2) is 5.07. The fourth-order valence-electron chi connectivity index (χ4n) is 2.48. The lowest BCUT2D eigenvalue weighted by atomic mass is 10.2. The smallest absolute Gasteiger partial charge is 0.106 e. The SMILES string of the molecule is c1sc(C2CCCCS2)nc1[C@@H]1CCCN1. The van der Waals surface area contributed by atoms with Crippen LogP contribution in [0.1, 0.15) is 54.1 Å². The van der Waals surface area contributed by atoms with E-state index in [4.69, 9.17) is 4.98 Å². The highest BCUT2D eigenvalue weighted by Crippen LogP contribution is 2.40. The number of thioether (sulfide) groups is 1. The van der Waals surface area contributed by atoms with Gasteiger partial charge in [-0.2, -0.15) is 11.8 Å². The van der Waals surface area contributed by atoms with Crippen LogP contribution in [0.2, 0.25) is 0 Å². The molecule has 2 aliphatic heterocycles. The first-order chi connectivity index (χ1) is 7.93. The van der Waals surface area contributed by atoms with E-state index in [9.17, 15) is 0 Å². The predicted octanol–water partition coefficient (Wildman–Crippen LogP) is 3.53. The van der Waals surface area contributed by atoms with Gasteiger partial charge < -0.3 is 5.32 Å². The van der Waals surface area contributed by atoms with Gasteiger partial charge in [-0.15, -0.1) is 11.3 Å². The van der Waals surface area contributed by atoms with E-state index in [2.05, 4.69) is 22.5 Å². The van der Waals surface area contributed by atoms with Gasteiger partial charge in [-0.25, -0.2) is 4.98 Å². The maximum atomic E-state index is 4.85. The van der Waals surface area contributed by atoms with Crippen LogP contribution in [-0.2, 0) is 0 Å². The summed E-state index contributed by atoms with van der Waals surface area (Å²) < 4.78 is 0. The van der Waals surface area contributed by atoms with Crippen molar-refractivity contribution in [1.29, 1.82) is 0 Å². The van der Waals surface area contributed by atoms with Gasteiger partial charge in [0.05, 0.1) is 17.0 Å². The van der Waals surface area contributed by atoms with Crippen molar-refractivity contribution in [3.63, 3.8) is 0 Å². The van der Waals surface area contributed by atoms with E-state index in [1.54, 1.807) is 0 Å². The van der Waals surface area contributed by atoms with E-state index in [0.29, 0.717) is 11.3 Å². The number of nitrogens with zero attached hydrogens (tertiary/aromatic N) is 1. The molecule has 1 aromatic rings. The molecular formula is C12H18N2S2. The third-order valence-corrected chi connectivity index (χ3v) is 5.92. The minimum absolute atomic E-state index is 0.540. The number of nitrogens with one attached hydrogen (secondary N) is 1. The Morgan fingerprint density at radius 3 is 3.00 bits per heavy atom. The van der Waals surface area contributed by atoms with Crippen molar-refractivity contribution in [3.8, 4) is 0 Å². The third-order valence-electron chi connectivity index (χ3n) is 3.41. The molecule has 2 saturated heterocycles. The van der Waals surface area contributed by atoms with E-state index < -0.39 is 0 Å². The molecule has 1 aromatic heterocycles. The number of thiazole rings is 1. The molecule has 1 unspecified atom stereocenters. The van der Waals surface area contributed by atoms with E-state index >= 15 is 0 Å². The van der Waals surface area contributed by atoms with Crippen LogP contribution in [0.5, 0.6) is 0 Å². The topological polar surface area (TPSA) is 24.9 Å². The Bertz CT molecular complexity index is 339. The zero-order valence-electron chi connectivity index (χ0n) is 9.45. The van der Waals surface area contributed by atoms with Gasteiger partial charge in [0.25, 0.3) is 0 Å². The Kier molecular flexibility index (Phi) is 3.50. The molecule has 0 saturated carbocycles. The molecule has 0 radical (unpaired) electrons. The summed E-state index contributed by atoms with van der Waals surface area (Å²) >= 11 is 3.97. The molecule has 0 bridgehead atoms. The molecule has 1 N–H and O–H groups in total. The molecule has 4 heteroatoms. The summed E-state index contributed by atoms with van der Waals surface area (Å²) in [6, 6.07) is 0.540. The first-order valence-electron chi connectivity index (χ1n) is 6.24. The monoisotopic (exact) mass is 254 g/mol. The fourth-order valence-corrected chi connectivity index (χ4v) is 4.92. The zero-order chi connectivity index (χ0) is 10.8. The predicted molar refractivity (Wildman–Crippen MR) is 71.1 cm³/mol. The van der Waals surface area contributed by atoms with Crippen molar-refractivity contribution in [1.82, 2.24) is 10.3 Å². The number of aromatic nitrogens is 1. The van der Waals surface area contributed by atoms with Crippen LogP contribution >= 0.6 is 23.1 Å². The minimum atomic E-state index is 0.540. The van der Waals surface area contributed by atoms with Crippen molar-refractivity contribution in [2.24, 2.45) is 0 Å². The quantitative estimate of drug-likeness (QED) is 0.874. The summed E-state index contributed by atoms with van der Waals surface area (Å²) in [7, 11) is 0. The normalized spacial score (nSPS) is 30.8. The van der Waals surface area contributed by atoms with Gasteiger partial charge in [-0.1, -0.05) is 6.42 Å². The molecule has 2 aliphatic rings. The van der Waals surface area contributed by atoms with Crippen LogP contribution in [0.15, 0.2) is 5.38 Å². The summed E-state index contributed by atoms with van der Waals surface area (Å²) in [6.07, 6.45) is 6.67. The molecular weight excluding hydrogens is 236 g/mol. The first-order valence-corrected chi connectivity index (χ1v) is 8.16. The molecule has 0 aliphatic carbocycles. The van der Waals surface area contributed by atoms with Gasteiger partial charge in [0.2, 0.25) is 0 Å². The maximum Gasteiger partial charge on any atom is 0.106 e. The minimum Gasteiger partial charge on any atom is -0.309 e. The Morgan fingerprint density at radius 1 is 1.25 bits per heavy atom. The van der Waals surface area contributed by atoms with Crippen molar-refractivity contribution in [2.75, 3.05) is 12.3 Å². The van der Waals surface area contributed by atoms with Gasteiger partial charge in [-0.05, 0) is 38.0 Å². The summed E-state index contributed by atoms with van der Waals surface area (Å²) in [4.78, 5) is 4.85. The van der Waals surface area contributed by atoms with Crippen molar-refractivity contribution in [2.45, 2.75) is 43.4 Å². The number of rotatable bonds is 2. The number of hydrogen-bond donors (Lipinski definition) is 1. The largest absolute Gasteiger partial charge is 0.309 e. The van der Waals surface area contributed by atoms with Gasteiger partial charge in [0.1, 0.15) is 5.01 Å². The zero-order valence-corrected chi connectivity index (χ0v) is 11.1. The summed E-state index contributed by atoms with van der Waals surface area (Å²) in [5.74, 6) is 1.32. The van der Waals surface area contributed by atoms with Crippen molar-refractivity contribution < 1.29 is 0 Å². The average molecular weight is 254 g/mol. The van der Waals surface area contributed by atoms with Crippen LogP contribution < -0.4 is 5.32 Å². The summed E-state index contributed by atoms with van der Waals surface area (Å²) in [5, 5.41) is 7.86. The highest BCUT2D eigenvalue weighted by molar-refractivity contribution is 7.99. The fraction of sp³-hybridized carbons (Fsp3) is 0.750. The highest BCUT2D eigenvalue weighted by Gasteiger charge is 2.23. The molecule has 0 spiro atoms. The molecule has 0 aromatic carbocycles. The van der Waals surface area contributed by atoms with Crippen LogP contribution in [0.4, 0.5) is 0 Å². The van der Waals surface area contributed by atoms with E-state index in [1.165, 1.54) is 48.6 Å². The molecule has 0 amide bonds. The molecule has 3 heterocycles. The van der Waals surface area contributed by atoms with E-state index in [1.807, 2.05) is 11.3 Å². The molecule has 2 atom stereocenters. The van der Waals surface area contributed by atoms with Crippen molar-refractivity contribution >= 4 is 23.1 Å². The Morgan fingerprint density at radius 2 is 2.25 bits per heavy atom. The second-order valence-corrected chi connectivity index (χ2v) is 6.82. The van der Waals surface area contributed by atoms with E-state index in [-0.39, 0.29) is 0 Å². The Labute approximate surface area is 105 Å². The van der Waals surface area contributed by atoms with Crippen LogP contribution in [0, 0.1) is 0 Å². The lowest BCUT2D eigenvalue weighted by Gasteiger charge is -2.18. The summed E-state index contributed by atoms with van der Waals surface area (Å²) in [6.45, 7) is 1.16. The van der Waals surface area contributed by atoms with Crippen LogP contribution in [-0.4, -0.2) is 17.3 Å². The molecule has 16 heavy (non-hydrogen) atoms. The molecule has 2 nitrogen and oxygen atoms in total. The molecule has 3 rings (SSSR count). The lowest BCUT2D eigenvalue weighted by Crippen LogP contribution is -2.13. The summed E-state index contributed by atoms with van der Waals surface area (Å²) in [5.41, 5.74) is 1.30. The highest BCUT2D eigenvalue weighted by atomic mass is 32.2. The van der Waals surface area contributed by atoms with Crippen molar-refractivity contribution in [3.05, 3.63) is 16.1 Å². The van der Waals surface area contributed by atoms with Gasteiger partial charge >= 0.3 is 0 Å².